The number of benzene rings is 2. The molecule has 1 atom stereocenters. The number of aliphatic hydroxyl groups excluding tert-OH is 1. The second-order valence-corrected chi connectivity index (χ2v) is 4.66. The highest BCUT2D eigenvalue weighted by Crippen LogP contribution is 2.23. The van der Waals surface area contributed by atoms with Crippen LogP contribution in [0.2, 0.25) is 5.02 Å². The van der Waals surface area contributed by atoms with Gasteiger partial charge in [0.25, 0.3) is 0 Å². The molecule has 0 saturated heterocycles. The standard InChI is InChI=1S/C15H14ClFO/c16-14-7-5-11(6-8-14)13(10-18)9-12-3-1-2-4-15(12)17/h1-8,13,18H,9-10H2. The molecule has 94 valence electrons. The van der Waals surface area contributed by atoms with Gasteiger partial charge in [0.15, 0.2) is 0 Å². The summed E-state index contributed by atoms with van der Waals surface area (Å²) < 4.78 is 13.6. The normalized spacial score (nSPS) is 12.4. The molecule has 2 aromatic rings. The number of hydrogen-bond acceptors (Lipinski definition) is 1. The van der Waals surface area contributed by atoms with Crippen LogP contribution in [0.5, 0.6) is 0 Å². The number of hydrogen-bond donors (Lipinski definition) is 1. The van der Waals surface area contributed by atoms with E-state index in [1.165, 1.54) is 6.07 Å². The summed E-state index contributed by atoms with van der Waals surface area (Å²) in [6.45, 7) is -0.0179. The molecule has 0 spiro atoms. The molecule has 0 aliphatic rings. The number of rotatable bonds is 4. The first-order valence-electron chi connectivity index (χ1n) is 5.80. The minimum absolute atomic E-state index is 0.0179. The Kier molecular flexibility index (Phi) is 4.34. The van der Waals surface area contributed by atoms with Gasteiger partial charge < -0.3 is 5.11 Å². The molecule has 2 rings (SSSR count). The molecule has 0 amide bonds. The summed E-state index contributed by atoms with van der Waals surface area (Å²) in [5.41, 5.74) is 1.58. The average molecular weight is 265 g/mol. The summed E-state index contributed by atoms with van der Waals surface area (Å²) in [6.07, 6.45) is 0.477. The highest BCUT2D eigenvalue weighted by molar-refractivity contribution is 6.30. The van der Waals surface area contributed by atoms with Crippen LogP contribution in [0.1, 0.15) is 17.0 Å². The Morgan fingerprint density at radius 3 is 2.33 bits per heavy atom. The van der Waals surface area contributed by atoms with E-state index in [9.17, 15) is 9.50 Å². The molecule has 0 saturated carbocycles. The van der Waals surface area contributed by atoms with E-state index < -0.39 is 0 Å². The fourth-order valence-electron chi connectivity index (χ4n) is 1.95. The Morgan fingerprint density at radius 1 is 1.06 bits per heavy atom. The van der Waals surface area contributed by atoms with Gasteiger partial charge in [0.1, 0.15) is 5.82 Å². The van der Waals surface area contributed by atoms with Crippen LogP contribution < -0.4 is 0 Å². The fourth-order valence-corrected chi connectivity index (χ4v) is 2.08. The lowest BCUT2D eigenvalue weighted by Crippen LogP contribution is -2.08. The summed E-state index contributed by atoms with van der Waals surface area (Å²) in [5, 5.41) is 10.1. The van der Waals surface area contributed by atoms with Gasteiger partial charge in [-0.25, -0.2) is 4.39 Å². The third-order valence-corrected chi connectivity index (χ3v) is 3.24. The molecule has 0 fully saturated rings. The average Bonchev–Trinajstić information content (AvgIpc) is 2.39. The Morgan fingerprint density at radius 2 is 1.72 bits per heavy atom. The van der Waals surface area contributed by atoms with E-state index in [-0.39, 0.29) is 18.3 Å². The molecule has 3 heteroatoms. The van der Waals surface area contributed by atoms with Crippen molar-refractivity contribution in [3.05, 3.63) is 70.5 Å². The lowest BCUT2D eigenvalue weighted by molar-refractivity contribution is 0.263. The monoisotopic (exact) mass is 264 g/mol. The van der Waals surface area contributed by atoms with E-state index in [2.05, 4.69) is 0 Å². The Bertz CT molecular complexity index is 510. The van der Waals surface area contributed by atoms with Gasteiger partial charge in [-0.2, -0.15) is 0 Å². The quantitative estimate of drug-likeness (QED) is 0.891. The van der Waals surface area contributed by atoms with E-state index >= 15 is 0 Å². The molecular weight excluding hydrogens is 251 g/mol. The molecule has 0 radical (unpaired) electrons. The molecule has 1 nitrogen and oxygen atoms in total. The van der Waals surface area contributed by atoms with Gasteiger partial charge in [-0.3, -0.25) is 0 Å². The van der Waals surface area contributed by atoms with Crippen molar-refractivity contribution in [2.45, 2.75) is 12.3 Å². The van der Waals surface area contributed by atoms with Gasteiger partial charge in [0, 0.05) is 10.9 Å². The van der Waals surface area contributed by atoms with Gasteiger partial charge in [-0.15, -0.1) is 0 Å². The van der Waals surface area contributed by atoms with Gasteiger partial charge in [0.05, 0.1) is 6.61 Å². The smallest absolute Gasteiger partial charge is 0.126 e. The van der Waals surface area contributed by atoms with E-state index in [1.54, 1.807) is 30.3 Å². The van der Waals surface area contributed by atoms with E-state index in [4.69, 9.17) is 11.6 Å². The van der Waals surface area contributed by atoms with Gasteiger partial charge in [0.2, 0.25) is 0 Å². The maximum Gasteiger partial charge on any atom is 0.126 e. The van der Waals surface area contributed by atoms with Crippen LogP contribution in [0, 0.1) is 5.82 Å². The third kappa shape index (κ3) is 3.09. The van der Waals surface area contributed by atoms with Crippen molar-refractivity contribution in [3.8, 4) is 0 Å². The van der Waals surface area contributed by atoms with Crippen molar-refractivity contribution in [1.82, 2.24) is 0 Å². The first-order chi connectivity index (χ1) is 8.70. The molecule has 0 aliphatic carbocycles. The Labute approximate surface area is 111 Å². The van der Waals surface area contributed by atoms with Crippen LogP contribution in [0.15, 0.2) is 48.5 Å². The molecule has 1 N–H and O–H groups in total. The predicted molar refractivity (Wildman–Crippen MR) is 71.4 cm³/mol. The number of halogens is 2. The predicted octanol–water partition coefficient (Wildman–Crippen LogP) is 3.80. The fraction of sp³-hybridized carbons (Fsp3) is 0.200. The molecule has 18 heavy (non-hydrogen) atoms. The summed E-state index contributed by atoms with van der Waals surface area (Å²) in [6, 6.07) is 13.9. The lowest BCUT2D eigenvalue weighted by atomic mass is 9.92. The topological polar surface area (TPSA) is 20.2 Å². The van der Waals surface area contributed by atoms with Crippen molar-refractivity contribution in [3.63, 3.8) is 0 Å². The maximum absolute atomic E-state index is 13.6. The maximum atomic E-state index is 13.6. The zero-order valence-corrected chi connectivity index (χ0v) is 10.6. The molecule has 0 heterocycles. The van der Waals surface area contributed by atoms with E-state index in [1.807, 2.05) is 12.1 Å². The second kappa shape index (κ2) is 5.98. The zero-order chi connectivity index (χ0) is 13.0. The minimum atomic E-state index is -0.232. The summed E-state index contributed by atoms with van der Waals surface area (Å²) in [5.74, 6) is -0.343. The SMILES string of the molecule is OCC(Cc1ccccc1F)c1ccc(Cl)cc1. The second-order valence-electron chi connectivity index (χ2n) is 4.23. The molecule has 2 aromatic carbocycles. The molecular formula is C15H14ClFO. The summed E-state index contributed by atoms with van der Waals surface area (Å²) in [7, 11) is 0. The van der Waals surface area contributed by atoms with Crippen LogP contribution in [0.3, 0.4) is 0 Å². The highest BCUT2D eigenvalue weighted by atomic mass is 35.5. The van der Waals surface area contributed by atoms with Crippen molar-refractivity contribution in [2.75, 3.05) is 6.61 Å². The van der Waals surface area contributed by atoms with Gasteiger partial charge in [-0.05, 0) is 35.7 Å². The van der Waals surface area contributed by atoms with Crippen molar-refractivity contribution >= 4 is 11.6 Å². The summed E-state index contributed by atoms with van der Waals surface area (Å²) >= 11 is 5.82. The van der Waals surface area contributed by atoms with Gasteiger partial charge >= 0.3 is 0 Å². The van der Waals surface area contributed by atoms with Crippen molar-refractivity contribution in [1.29, 1.82) is 0 Å². The van der Waals surface area contributed by atoms with Crippen LogP contribution in [0.25, 0.3) is 0 Å². The molecule has 1 unspecified atom stereocenters. The van der Waals surface area contributed by atoms with Crippen LogP contribution in [-0.4, -0.2) is 11.7 Å². The van der Waals surface area contributed by atoms with E-state index in [0.717, 1.165) is 5.56 Å². The minimum Gasteiger partial charge on any atom is -0.396 e. The molecule has 0 aromatic heterocycles. The van der Waals surface area contributed by atoms with Crippen molar-refractivity contribution in [2.24, 2.45) is 0 Å². The Hall–Kier alpha value is -1.38. The van der Waals surface area contributed by atoms with Gasteiger partial charge in [-0.1, -0.05) is 41.9 Å². The Balaban J connectivity index is 2.20. The summed E-state index contributed by atoms with van der Waals surface area (Å²) in [4.78, 5) is 0. The van der Waals surface area contributed by atoms with Crippen molar-refractivity contribution < 1.29 is 9.50 Å². The molecule has 0 aliphatic heterocycles. The first kappa shape index (κ1) is 13.1. The lowest BCUT2D eigenvalue weighted by Gasteiger charge is -2.15. The van der Waals surface area contributed by atoms with Crippen LogP contribution >= 0.6 is 11.6 Å². The zero-order valence-electron chi connectivity index (χ0n) is 9.81. The number of aliphatic hydroxyl groups is 1. The third-order valence-electron chi connectivity index (χ3n) is 2.99. The largest absolute Gasteiger partial charge is 0.396 e. The molecule has 0 bridgehead atoms. The van der Waals surface area contributed by atoms with Crippen LogP contribution in [-0.2, 0) is 6.42 Å². The first-order valence-corrected chi connectivity index (χ1v) is 6.18. The van der Waals surface area contributed by atoms with E-state index in [0.29, 0.717) is 17.0 Å². The highest BCUT2D eigenvalue weighted by Gasteiger charge is 2.13. The van der Waals surface area contributed by atoms with Crippen LogP contribution in [0.4, 0.5) is 4.39 Å².